The smallest absolute Gasteiger partial charge is 0.320 e. The van der Waals surface area contributed by atoms with Gasteiger partial charge in [0.2, 0.25) is 0 Å². The van der Waals surface area contributed by atoms with Gasteiger partial charge in [-0.15, -0.1) is 0 Å². The maximum absolute atomic E-state index is 11.0. The molecule has 0 bridgehead atoms. The number of carboxylic acid groups (broad SMARTS) is 2. The predicted octanol–water partition coefficient (Wildman–Crippen LogP) is 2.86. The normalized spacial score (nSPS) is 24.0. The molecule has 0 heterocycles. The van der Waals surface area contributed by atoms with Gasteiger partial charge in [-0.25, -0.2) is 0 Å². The van der Waals surface area contributed by atoms with Crippen molar-refractivity contribution in [2.24, 2.45) is 0 Å². The van der Waals surface area contributed by atoms with Crippen molar-refractivity contribution in [3.63, 3.8) is 0 Å². The van der Waals surface area contributed by atoms with E-state index < -0.39 is 18.0 Å². The molecule has 0 amide bonds. The van der Waals surface area contributed by atoms with Crippen LogP contribution in [-0.4, -0.2) is 57.3 Å². The van der Waals surface area contributed by atoms with Crippen molar-refractivity contribution < 1.29 is 19.8 Å². The summed E-state index contributed by atoms with van der Waals surface area (Å²) in [6.45, 7) is 3.53. The van der Waals surface area contributed by atoms with Gasteiger partial charge in [0.15, 0.2) is 0 Å². The lowest BCUT2D eigenvalue weighted by Gasteiger charge is -2.48. The van der Waals surface area contributed by atoms with Gasteiger partial charge in [-0.2, -0.15) is 0 Å². The molecule has 3 aliphatic rings. The second-order valence-electron chi connectivity index (χ2n) is 7.84. The second-order valence-corrected chi connectivity index (χ2v) is 7.84. The molecular formula is C19H34N2O4. The van der Waals surface area contributed by atoms with E-state index in [-0.39, 0.29) is 6.04 Å². The molecule has 144 valence electrons. The Morgan fingerprint density at radius 3 is 1.64 bits per heavy atom. The SMILES string of the molecule is C[C@@H](C(=O)O)N(C1CCC1)C1CCC1.C[C@H](NC1CCCC1)C(=O)O. The molecule has 3 rings (SSSR count). The van der Waals surface area contributed by atoms with E-state index >= 15 is 0 Å². The fourth-order valence-electron chi connectivity index (χ4n) is 3.95. The van der Waals surface area contributed by atoms with Gasteiger partial charge < -0.3 is 15.5 Å². The van der Waals surface area contributed by atoms with Crippen molar-refractivity contribution >= 4 is 11.9 Å². The monoisotopic (exact) mass is 354 g/mol. The second kappa shape index (κ2) is 9.53. The minimum absolute atomic E-state index is 0.286. The van der Waals surface area contributed by atoms with Crippen molar-refractivity contribution in [3.05, 3.63) is 0 Å². The molecule has 0 saturated heterocycles. The van der Waals surface area contributed by atoms with Crippen LogP contribution in [0.3, 0.4) is 0 Å². The molecule has 0 aromatic carbocycles. The summed E-state index contributed by atoms with van der Waals surface area (Å²) < 4.78 is 0. The van der Waals surface area contributed by atoms with Crippen molar-refractivity contribution in [1.82, 2.24) is 10.2 Å². The van der Waals surface area contributed by atoms with Gasteiger partial charge in [0.1, 0.15) is 12.1 Å². The fraction of sp³-hybridized carbons (Fsp3) is 0.895. The highest BCUT2D eigenvalue weighted by Crippen LogP contribution is 2.35. The molecule has 3 aliphatic carbocycles. The third-order valence-electron chi connectivity index (χ3n) is 6.01. The molecule has 0 aromatic rings. The summed E-state index contributed by atoms with van der Waals surface area (Å²) in [4.78, 5) is 23.7. The molecule has 0 aromatic heterocycles. The molecule has 0 aliphatic heterocycles. The van der Waals surface area contributed by atoms with Gasteiger partial charge in [0.25, 0.3) is 0 Å². The lowest BCUT2D eigenvalue weighted by molar-refractivity contribution is -0.147. The molecule has 2 atom stereocenters. The van der Waals surface area contributed by atoms with Gasteiger partial charge in [-0.1, -0.05) is 25.7 Å². The van der Waals surface area contributed by atoms with Gasteiger partial charge in [0, 0.05) is 18.1 Å². The van der Waals surface area contributed by atoms with Crippen LogP contribution in [0.25, 0.3) is 0 Å². The zero-order valence-corrected chi connectivity index (χ0v) is 15.6. The van der Waals surface area contributed by atoms with Crippen molar-refractivity contribution in [3.8, 4) is 0 Å². The van der Waals surface area contributed by atoms with E-state index in [1.165, 1.54) is 51.4 Å². The Morgan fingerprint density at radius 2 is 1.32 bits per heavy atom. The number of nitrogens with zero attached hydrogens (tertiary/aromatic N) is 1. The summed E-state index contributed by atoms with van der Waals surface area (Å²) in [5.74, 6) is -1.42. The highest BCUT2D eigenvalue weighted by molar-refractivity contribution is 5.73. The molecule has 3 N–H and O–H groups in total. The van der Waals surface area contributed by atoms with Crippen LogP contribution >= 0.6 is 0 Å². The number of aliphatic carboxylic acids is 2. The van der Waals surface area contributed by atoms with E-state index in [0.29, 0.717) is 18.1 Å². The van der Waals surface area contributed by atoms with E-state index in [2.05, 4.69) is 10.2 Å². The van der Waals surface area contributed by atoms with Gasteiger partial charge in [-0.05, 0) is 52.4 Å². The Bertz CT molecular complexity index is 429. The summed E-state index contributed by atoms with van der Waals surface area (Å²) in [6.07, 6.45) is 12.1. The van der Waals surface area contributed by atoms with Crippen LogP contribution < -0.4 is 5.32 Å². The van der Waals surface area contributed by atoms with Crippen LogP contribution in [0.1, 0.15) is 78.1 Å². The Balaban J connectivity index is 0.000000186. The molecule has 3 saturated carbocycles. The van der Waals surface area contributed by atoms with E-state index in [1.807, 2.05) is 6.92 Å². The maximum atomic E-state index is 11.0. The number of hydrogen-bond acceptors (Lipinski definition) is 4. The van der Waals surface area contributed by atoms with Crippen LogP contribution in [0.2, 0.25) is 0 Å². The molecule has 0 radical (unpaired) electrons. The first kappa shape index (κ1) is 20.2. The first-order chi connectivity index (χ1) is 11.9. The molecule has 0 unspecified atom stereocenters. The van der Waals surface area contributed by atoms with Crippen LogP contribution in [0.5, 0.6) is 0 Å². The van der Waals surface area contributed by atoms with E-state index in [0.717, 1.165) is 12.8 Å². The standard InChI is InChI=1S/C11H19NO2.C8H15NO2/c1-8(11(13)14)12(9-4-2-5-9)10-6-3-7-10;1-6(8(10)11)9-7-4-2-3-5-7/h8-10H,2-7H2,1H3,(H,13,14);6-7,9H,2-5H2,1H3,(H,10,11)/t8-;6-/m00/s1. The summed E-state index contributed by atoms with van der Waals surface area (Å²) >= 11 is 0. The topological polar surface area (TPSA) is 89.9 Å². The van der Waals surface area contributed by atoms with Crippen molar-refractivity contribution in [2.45, 2.75) is 108 Å². The maximum Gasteiger partial charge on any atom is 0.320 e. The van der Waals surface area contributed by atoms with E-state index in [9.17, 15) is 9.59 Å². The highest BCUT2D eigenvalue weighted by atomic mass is 16.4. The summed E-state index contributed by atoms with van der Waals surface area (Å²) in [5, 5.41) is 20.7. The molecular weight excluding hydrogens is 320 g/mol. The summed E-state index contributed by atoms with van der Waals surface area (Å²) in [6, 6.07) is 0.891. The lowest BCUT2D eigenvalue weighted by atomic mass is 9.83. The van der Waals surface area contributed by atoms with Crippen LogP contribution in [0.15, 0.2) is 0 Å². The number of nitrogens with one attached hydrogen (secondary N) is 1. The third-order valence-corrected chi connectivity index (χ3v) is 6.01. The number of hydrogen-bond donors (Lipinski definition) is 3. The highest BCUT2D eigenvalue weighted by Gasteiger charge is 2.38. The molecule has 6 nitrogen and oxygen atoms in total. The zero-order chi connectivity index (χ0) is 18.4. The van der Waals surface area contributed by atoms with Crippen LogP contribution in [0.4, 0.5) is 0 Å². The molecule has 6 heteroatoms. The minimum Gasteiger partial charge on any atom is -0.480 e. The Hall–Kier alpha value is -1.14. The van der Waals surface area contributed by atoms with Gasteiger partial charge in [0.05, 0.1) is 0 Å². The molecule has 0 spiro atoms. The fourth-order valence-corrected chi connectivity index (χ4v) is 3.95. The van der Waals surface area contributed by atoms with Crippen molar-refractivity contribution in [1.29, 1.82) is 0 Å². The Labute approximate surface area is 151 Å². The van der Waals surface area contributed by atoms with Gasteiger partial charge in [-0.3, -0.25) is 14.5 Å². The third kappa shape index (κ3) is 5.68. The molecule has 3 fully saturated rings. The van der Waals surface area contributed by atoms with E-state index in [4.69, 9.17) is 10.2 Å². The largest absolute Gasteiger partial charge is 0.480 e. The number of rotatable bonds is 7. The zero-order valence-electron chi connectivity index (χ0n) is 15.6. The van der Waals surface area contributed by atoms with Crippen LogP contribution in [0, 0.1) is 0 Å². The van der Waals surface area contributed by atoms with Crippen LogP contribution in [-0.2, 0) is 9.59 Å². The first-order valence-corrected chi connectivity index (χ1v) is 9.89. The van der Waals surface area contributed by atoms with E-state index in [1.54, 1.807) is 6.92 Å². The van der Waals surface area contributed by atoms with Crippen molar-refractivity contribution in [2.75, 3.05) is 0 Å². The Morgan fingerprint density at radius 1 is 0.840 bits per heavy atom. The quantitative estimate of drug-likeness (QED) is 0.651. The summed E-state index contributed by atoms with van der Waals surface area (Å²) in [5.41, 5.74) is 0. The number of carboxylic acids is 2. The average Bonchev–Trinajstić information content (AvgIpc) is 2.95. The lowest BCUT2D eigenvalue weighted by Crippen LogP contribution is -2.55. The average molecular weight is 354 g/mol. The summed E-state index contributed by atoms with van der Waals surface area (Å²) in [7, 11) is 0. The minimum atomic E-state index is -0.753. The Kier molecular flexibility index (Phi) is 7.69. The number of carbonyl (C=O) groups is 2. The first-order valence-electron chi connectivity index (χ1n) is 9.89. The van der Waals surface area contributed by atoms with Gasteiger partial charge >= 0.3 is 11.9 Å². The predicted molar refractivity (Wildman–Crippen MR) is 96.7 cm³/mol. The molecule has 25 heavy (non-hydrogen) atoms.